The molecule has 0 spiro atoms. The molecular weight excluding hydrogens is 232 g/mol. The third-order valence-electron chi connectivity index (χ3n) is 6.72. The Bertz CT molecular complexity index is 472. The van der Waals surface area contributed by atoms with Gasteiger partial charge in [0.25, 0.3) is 0 Å². The number of rotatable bonds is 0. The maximum absolute atomic E-state index is 11.5. The van der Waals surface area contributed by atoms with Crippen LogP contribution in [0.15, 0.2) is 23.8 Å². The first-order valence-electron chi connectivity index (χ1n) is 8.10. The van der Waals surface area contributed by atoms with Gasteiger partial charge in [0, 0.05) is 5.92 Å². The summed E-state index contributed by atoms with van der Waals surface area (Å²) < 4.78 is 0. The first kappa shape index (κ1) is 11.9. The van der Waals surface area contributed by atoms with E-state index < -0.39 is 0 Å². The van der Waals surface area contributed by atoms with Crippen molar-refractivity contribution in [2.75, 3.05) is 0 Å². The van der Waals surface area contributed by atoms with Crippen molar-refractivity contribution in [3.8, 4) is 0 Å². The van der Waals surface area contributed by atoms with Crippen molar-refractivity contribution in [3.05, 3.63) is 23.8 Å². The van der Waals surface area contributed by atoms with Crippen molar-refractivity contribution >= 4 is 5.78 Å². The molecule has 3 fully saturated rings. The summed E-state index contributed by atoms with van der Waals surface area (Å²) >= 11 is 0. The molecule has 102 valence electrons. The van der Waals surface area contributed by atoms with Gasteiger partial charge in [0.05, 0.1) is 0 Å². The lowest BCUT2D eigenvalue weighted by atomic mass is 9.53. The van der Waals surface area contributed by atoms with Gasteiger partial charge in [-0.25, -0.2) is 0 Å². The van der Waals surface area contributed by atoms with Gasteiger partial charge in [-0.1, -0.05) is 25.0 Å². The Morgan fingerprint density at radius 3 is 2.95 bits per heavy atom. The van der Waals surface area contributed by atoms with Gasteiger partial charge in [0.15, 0.2) is 5.78 Å². The average molecular weight is 256 g/mol. The van der Waals surface area contributed by atoms with Crippen LogP contribution in [0.2, 0.25) is 0 Å². The molecule has 1 heteroatoms. The van der Waals surface area contributed by atoms with E-state index in [4.69, 9.17) is 0 Å². The highest BCUT2D eigenvalue weighted by Crippen LogP contribution is 2.61. The van der Waals surface area contributed by atoms with E-state index in [0.29, 0.717) is 11.3 Å². The van der Waals surface area contributed by atoms with E-state index in [1.54, 1.807) is 0 Å². The van der Waals surface area contributed by atoms with Gasteiger partial charge in [-0.05, 0) is 73.8 Å². The molecule has 19 heavy (non-hydrogen) atoms. The number of fused-ring (bicyclic) bond motifs is 5. The molecule has 0 aromatic rings. The highest BCUT2D eigenvalue weighted by molar-refractivity contribution is 6.00. The standard InChI is InChI=1S/C18H24O/c1-18-9-2-3-17(18)16-6-4-12-11-13(19)5-7-14(12)15(16)8-10-18/h5,7,11,14-17H,2-4,6,8-10H2,1H3/t14-,15+,16+,17-,18-/m0/s1. The summed E-state index contributed by atoms with van der Waals surface area (Å²) in [6.07, 6.45) is 15.7. The summed E-state index contributed by atoms with van der Waals surface area (Å²) in [6.45, 7) is 2.55. The Morgan fingerprint density at radius 1 is 1.16 bits per heavy atom. The maximum atomic E-state index is 11.5. The SMILES string of the molecule is C[C@@]12CCC[C@H]1[C@@H]1CCC3=CC(=O)C=C[C@@H]3[C@H]1CC2. The molecule has 0 unspecified atom stereocenters. The fourth-order valence-corrected chi connectivity index (χ4v) is 5.81. The molecule has 0 saturated heterocycles. The third-order valence-corrected chi connectivity index (χ3v) is 6.72. The lowest BCUT2D eigenvalue weighted by molar-refractivity contribution is -0.110. The van der Waals surface area contributed by atoms with Crippen LogP contribution in [0.1, 0.15) is 51.9 Å². The van der Waals surface area contributed by atoms with E-state index in [1.807, 2.05) is 12.2 Å². The van der Waals surface area contributed by atoms with Gasteiger partial charge in [0.2, 0.25) is 0 Å². The Morgan fingerprint density at radius 2 is 2.05 bits per heavy atom. The van der Waals surface area contributed by atoms with Crippen LogP contribution < -0.4 is 0 Å². The molecule has 0 heterocycles. The molecule has 4 aliphatic carbocycles. The van der Waals surface area contributed by atoms with Crippen LogP contribution in [0.3, 0.4) is 0 Å². The van der Waals surface area contributed by atoms with Crippen molar-refractivity contribution in [2.24, 2.45) is 29.1 Å². The first-order chi connectivity index (χ1) is 9.17. The molecule has 0 radical (unpaired) electrons. The number of carbonyl (C=O) groups excluding carboxylic acids is 1. The smallest absolute Gasteiger partial charge is 0.178 e. The Balaban J connectivity index is 1.65. The summed E-state index contributed by atoms with van der Waals surface area (Å²) in [5.74, 6) is 3.55. The van der Waals surface area contributed by atoms with Gasteiger partial charge in [-0.15, -0.1) is 0 Å². The molecule has 0 aromatic carbocycles. The molecule has 4 rings (SSSR count). The van der Waals surface area contributed by atoms with E-state index in [1.165, 1.54) is 50.5 Å². The maximum Gasteiger partial charge on any atom is 0.178 e. The molecule has 4 aliphatic rings. The molecule has 0 aliphatic heterocycles. The zero-order valence-electron chi connectivity index (χ0n) is 11.9. The normalized spacial score (nSPS) is 48.3. The third kappa shape index (κ3) is 1.70. The van der Waals surface area contributed by atoms with Gasteiger partial charge in [-0.3, -0.25) is 4.79 Å². The molecule has 0 amide bonds. The van der Waals surface area contributed by atoms with Gasteiger partial charge < -0.3 is 0 Å². The zero-order valence-corrected chi connectivity index (χ0v) is 11.9. The number of ketones is 1. The summed E-state index contributed by atoms with van der Waals surface area (Å²) in [5, 5.41) is 0. The van der Waals surface area contributed by atoms with Crippen LogP contribution >= 0.6 is 0 Å². The van der Waals surface area contributed by atoms with E-state index in [9.17, 15) is 4.79 Å². The molecule has 5 atom stereocenters. The quantitative estimate of drug-likeness (QED) is 0.631. The number of allylic oxidation sites excluding steroid dienone is 4. The summed E-state index contributed by atoms with van der Waals surface area (Å²) in [4.78, 5) is 11.5. The zero-order chi connectivity index (χ0) is 13.0. The van der Waals surface area contributed by atoms with Crippen LogP contribution in [0, 0.1) is 29.1 Å². The summed E-state index contributed by atoms with van der Waals surface area (Å²) in [6, 6.07) is 0. The Kier molecular flexibility index (Phi) is 2.56. The minimum absolute atomic E-state index is 0.214. The topological polar surface area (TPSA) is 17.1 Å². The number of hydrogen-bond acceptors (Lipinski definition) is 1. The van der Waals surface area contributed by atoms with Crippen molar-refractivity contribution in [1.29, 1.82) is 0 Å². The summed E-state index contributed by atoms with van der Waals surface area (Å²) in [7, 11) is 0. The fraction of sp³-hybridized carbons (Fsp3) is 0.722. The van der Waals surface area contributed by atoms with Crippen molar-refractivity contribution in [1.82, 2.24) is 0 Å². The second kappa shape index (κ2) is 4.07. The average Bonchev–Trinajstić information content (AvgIpc) is 2.79. The fourth-order valence-electron chi connectivity index (χ4n) is 5.81. The van der Waals surface area contributed by atoms with Gasteiger partial charge in [0.1, 0.15) is 0 Å². The largest absolute Gasteiger partial charge is 0.290 e. The highest BCUT2D eigenvalue weighted by Gasteiger charge is 2.51. The lowest BCUT2D eigenvalue weighted by Crippen LogP contribution is -2.43. The lowest BCUT2D eigenvalue weighted by Gasteiger charge is -2.52. The Labute approximate surface area is 116 Å². The molecule has 3 saturated carbocycles. The molecule has 1 nitrogen and oxygen atoms in total. The van der Waals surface area contributed by atoms with Crippen LogP contribution in [-0.2, 0) is 4.79 Å². The molecule has 0 aromatic heterocycles. The van der Waals surface area contributed by atoms with Gasteiger partial charge >= 0.3 is 0 Å². The predicted octanol–water partition coefficient (Wildman–Crippen LogP) is 4.29. The van der Waals surface area contributed by atoms with Crippen molar-refractivity contribution in [2.45, 2.75) is 51.9 Å². The number of hydrogen-bond donors (Lipinski definition) is 0. The van der Waals surface area contributed by atoms with E-state index >= 15 is 0 Å². The van der Waals surface area contributed by atoms with E-state index in [-0.39, 0.29) is 5.78 Å². The molecule has 0 N–H and O–H groups in total. The highest BCUT2D eigenvalue weighted by atomic mass is 16.1. The molecular formula is C18H24O. The van der Waals surface area contributed by atoms with Crippen molar-refractivity contribution in [3.63, 3.8) is 0 Å². The second-order valence-corrected chi connectivity index (χ2v) is 7.56. The molecule has 0 bridgehead atoms. The minimum atomic E-state index is 0.214. The second-order valence-electron chi connectivity index (χ2n) is 7.56. The van der Waals surface area contributed by atoms with E-state index in [2.05, 4.69) is 13.0 Å². The minimum Gasteiger partial charge on any atom is -0.290 e. The van der Waals surface area contributed by atoms with Crippen LogP contribution in [0.4, 0.5) is 0 Å². The Hall–Kier alpha value is -0.850. The van der Waals surface area contributed by atoms with Crippen LogP contribution in [-0.4, -0.2) is 5.78 Å². The van der Waals surface area contributed by atoms with E-state index in [0.717, 1.165) is 17.8 Å². The first-order valence-corrected chi connectivity index (χ1v) is 8.10. The van der Waals surface area contributed by atoms with Crippen LogP contribution in [0.5, 0.6) is 0 Å². The monoisotopic (exact) mass is 256 g/mol. The van der Waals surface area contributed by atoms with Gasteiger partial charge in [-0.2, -0.15) is 0 Å². The number of carbonyl (C=O) groups is 1. The summed E-state index contributed by atoms with van der Waals surface area (Å²) in [5.41, 5.74) is 2.09. The van der Waals surface area contributed by atoms with Crippen molar-refractivity contribution < 1.29 is 4.79 Å². The predicted molar refractivity (Wildman–Crippen MR) is 76.6 cm³/mol. The van der Waals surface area contributed by atoms with Crippen LogP contribution in [0.25, 0.3) is 0 Å².